The summed E-state index contributed by atoms with van der Waals surface area (Å²) in [6, 6.07) is 0. The predicted octanol–water partition coefficient (Wildman–Crippen LogP) is 17.9. The van der Waals surface area contributed by atoms with Gasteiger partial charge in [0.15, 0.2) is 0 Å². The molecule has 0 saturated heterocycles. The van der Waals surface area contributed by atoms with Gasteiger partial charge in [-0.3, -0.25) is 0 Å². The van der Waals surface area contributed by atoms with Crippen molar-refractivity contribution >= 4 is 16.9 Å². The molecule has 0 heterocycles. The Bertz CT molecular complexity index is 660. The van der Waals surface area contributed by atoms with Crippen LogP contribution >= 0.6 is 0 Å². The average Bonchev–Trinajstić information content (AvgIpc) is 3.16. The molecule has 0 bridgehead atoms. The molecule has 0 radical (unpaired) electrons. The molecule has 1 N–H and O–H groups in total. The third-order valence-electron chi connectivity index (χ3n) is 12.3. The van der Waals surface area contributed by atoms with Crippen LogP contribution in [0.1, 0.15) is 297 Å². The van der Waals surface area contributed by atoms with E-state index in [4.69, 9.17) is 0 Å². The Kier molecular flexibility index (Phi) is 42.8. The van der Waals surface area contributed by atoms with Crippen molar-refractivity contribution in [2.24, 2.45) is 0 Å². The summed E-state index contributed by atoms with van der Waals surface area (Å²) in [6.45, 7) is 9.21. The number of unbranched alkanes of at least 4 members (excludes halogenated alkanes) is 36. The zero-order chi connectivity index (χ0) is 38.8. The Morgan fingerprint density at radius 3 is 0.717 bits per heavy atom. The number of aliphatic carboxylic acids is 1. The smallest absolute Gasteiger partial charge is 0.360 e. The molecule has 0 aromatic carbocycles. The van der Waals surface area contributed by atoms with Gasteiger partial charge in [-0.15, -0.1) is 0 Å². The van der Waals surface area contributed by atoms with Gasteiger partial charge < -0.3 is 5.11 Å². The molecule has 0 unspecified atom stereocenters. The van der Waals surface area contributed by atoms with Gasteiger partial charge in [0, 0.05) is 23.7 Å². The van der Waals surface area contributed by atoms with Crippen LogP contribution < -0.4 is 0 Å². The molecule has 0 saturated carbocycles. The second kappa shape index (κ2) is 43.0. The lowest BCUT2D eigenvalue weighted by molar-refractivity contribution is -0.140. The third-order valence-corrected chi connectivity index (χ3v) is 15.6. The standard InChI is InChI=1S/C50H100O2S/c1-5-9-13-17-21-25-29-33-37-41-45-50(49(51)52,46-42-38-34-30-26-22-18-14-10-6-2)53(47-43-39-35-31-27-23-19-15-11-7-3)48-44-40-36-32-28-24-20-16-12-8-4/h5-48H2,1-4H3/p+1. The van der Waals surface area contributed by atoms with E-state index in [9.17, 15) is 9.90 Å². The monoisotopic (exact) mass is 766 g/mol. The third kappa shape index (κ3) is 33.7. The van der Waals surface area contributed by atoms with E-state index in [0.717, 1.165) is 25.7 Å². The molecular formula is C50H101O2S+. The highest BCUT2D eigenvalue weighted by Gasteiger charge is 2.52. The Hall–Kier alpha value is -0.180. The first-order valence-electron chi connectivity index (χ1n) is 25.0. The van der Waals surface area contributed by atoms with E-state index in [-0.39, 0.29) is 10.9 Å². The lowest BCUT2D eigenvalue weighted by Gasteiger charge is -2.30. The topological polar surface area (TPSA) is 37.3 Å². The van der Waals surface area contributed by atoms with Crippen LogP contribution in [0.5, 0.6) is 0 Å². The highest BCUT2D eigenvalue weighted by atomic mass is 32.2. The van der Waals surface area contributed by atoms with Gasteiger partial charge in [-0.05, 0) is 38.5 Å². The van der Waals surface area contributed by atoms with E-state index < -0.39 is 10.7 Å². The minimum absolute atomic E-state index is 0.00312. The number of carboxylic acid groups (broad SMARTS) is 1. The van der Waals surface area contributed by atoms with Gasteiger partial charge in [0.1, 0.15) is 11.5 Å². The Morgan fingerprint density at radius 1 is 0.321 bits per heavy atom. The normalized spacial score (nSPS) is 12.0. The zero-order valence-corrected chi connectivity index (χ0v) is 38.2. The Labute approximate surface area is 339 Å². The molecule has 0 spiro atoms. The van der Waals surface area contributed by atoms with E-state index in [0.29, 0.717) is 0 Å². The summed E-state index contributed by atoms with van der Waals surface area (Å²) in [5.74, 6) is 1.93. The molecule has 0 aliphatic heterocycles. The first kappa shape index (κ1) is 52.8. The number of hydrogen-bond acceptors (Lipinski definition) is 1. The Morgan fingerprint density at radius 2 is 0.509 bits per heavy atom. The van der Waals surface area contributed by atoms with E-state index in [2.05, 4.69) is 27.7 Å². The highest BCUT2D eigenvalue weighted by Crippen LogP contribution is 2.36. The van der Waals surface area contributed by atoms with E-state index >= 15 is 0 Å². The van der Waals surface area contributed by atoms with Crippen LogP contribution in [-0.2, 0) is 15.7 Å². The van der Waals surface area contributed by atoms with Crippen molar-refractivity contribution in [3.8, 4) is 0 Å². The fraction of sp³-hybridized carbons (Fsp3) is 0.980. The number of rotatable bonds is 46. The molecule has 0 aromatic rings. The molecule has 0 amide bonds. The van der Waals surface area contributed by atoms with Crippen LogP contribution in [0.25, 0.3) is 0 Å². The lowest BCUT2D eigenvalue weighted by Crippen LogP contribution is -2.49. The van der Waals surface area contributed by atoms with E-state index in [1.807, 2.05) is 0 Å². The van der Waals surface area contributed by atoms with Crippen LogP contribution in [0.15, 0.2) is 0 Å². The van der Waals surface area contributed by atoms with Crippen molar-refractivity contribution < 1.29 is 9.90 Å². The van der Waals surface area contributed by atoms with Crippen LogP contribution in [0.4, 0.5) is 0 Å². The van der Waals surface area contributed by atoms with Gasteiger partial charge in [0.25, 0.3) is 0 Å². The van der Waals surface area contributed by atoms with Gasteiger partial charge in [-0.25, -0.2) is 4.79 Å². The predicted molar refractivity (Wildman–Crippen MR) is 244 cm³/mol. The molecule has 0 aromatic heterocycles. The molecule has 0 fully saturated rings. The molecule has 0 rings (SSSR count). The SMILES string of the molecule is CCCCCCCCCCCC[S+](CCCCCCCCCCCC)C(CCCCCCCCCCCC)(CCCCCCCCCCCC)C(=O)O. The average molecular weight is 766 g/mol. The summed E-state index contributed by atoms with van der Waals surface area (Å²) < 4.78 is -0.473. The molecular weight excluding hydrogens is 665 g/mol. The zero-order valence-electron chi connectivity index (χ0n) is 37.4. The number of carboxylic acids is 1. The molecule has 0 aliphatic rings. The maximum Gasteiger partial charge on any atom is 0.360 e. The van der Waals surface area contributed by atoms with Crippen molar-refractivity contribution in [1.29, 1.82) is 0 Å². The summed E-state index contributed by atoms with van der Waals surface area (Å²) in [5.41, 5.74) is 0. The number of hydrogen-bond donors (Lipinski definition) is 1. The summed E-state index contributed by atoms with van der Waals surface area (Å²) in [6.07, 6.45) is 55.7. The highest BCUT2D eigenvalue weighted by molar-refractivity contribution is 7.98. The summed E-state index contributed by atoms with van der Waals surface area (Å²) >= 11 is 0. The van der Waals surface area contributed by atoms with Gasteiger partial charge in [0.2, 0.25) is 4.75 Å². The summed E-state index contributed by atoms with van der Waals surface area (Å²) in [4.78, 5) is 13.6. The van der Waals surface area contributed by atoms with Crippen molar-refractivity contribution in [2.75, 3.05) is 11.5 Å². The molecule has 2 nitrogen and oxygen atoms in total. The summed E-state index contributed by atoms with van der Waals surface area (Å²) in [7, 11) is -0.00312. The van der Waals surface area contributed by atoms with Gasteiger partial charge in [-0.1, -0.05) is 246 Å². The fourth-order valence-electron chi connectivity index (χ4n) is 8.57. The van der Waals surface area contributed by atoms with Gasteiger partial charge in [-0.2, -0.15) is 0 Å². The van der Waals surface area contributed by atoms with E-state index in [1.54, 1.807) is 0 Å². The van der Waals surface area contributed by atoms with Crippen molar-refractivity contribution in [3.63, 3.8) is 0 Å². The minimum atomic E-state index is -0.473. The quantitative estimate of drug-likeness (QED) is 0.0495. The molecule has 0 atom stereocenters. The van der Waals surface area contributed by atoms with Crippen molar-refractivity contribution in [2.45, 2.75) is 302 Å². The minimum Gasteiger partial charge on any atom is -0.477 e. The molecule has 0 aliphatic carbocycles. The molecule has 318 valence electrons. The lowest BCUT2D eigenvalue weighted by atomic mass is 9.93. The first-order chi connectivity index (χ1) is 26.1. The maximum absolute atomic E-state index is 13.6. The molecule has 3 heteroatoms. The van der Waals surface area contributed by atoms with Gasteiger partial charge >= 0.3 is 5.97 Å². The fourth-order valence-corrected chi connectivity index (χ4v) is 11.8. The van der Waals surface area contributed by atoms with Crippen molar-refractivity contribution in [1.82, 2.24) is 0 Å². The second-order valence-corrected chi connectivity index (χ2v) is 20.0. The van der Waals surface area contributed by atoms with Crippen LogP contribution in [-0.4, -0.2) is 27.3 Å². The number of carbonyl (C=O) groups is 1. The van der Waals surface area contributed by atoms with E-state index in [1.165, 1.54) is 255 Å². The first-order valence-corrected chi connectivity index (χ1v) is 26.6. The van der Waals surface area contributed by atoms with Crippen LogP contribution in [0.2, 0.25) is 0 Å². The van der Waals surface area contributed by atoms with Crippen LogP contribution in [0.3, 0.4) is 0 Å². The van der Waals surface area contributed by atoms with Crippen LogP contribution in [0, 0.1) is 0 Å². The largest absolute Gasteiger partial charge is 0.477 e. The van der Waals surface area contributed by atoms with Crippen molar-refractivity contribution in [3.05, 3.63) is 0 Å². The molecule has 53 heavy (non-hydrogen) atoms. The maximum atomic E-state index is 13.6. The second-order valence-electron chi connectivity index (χ2n) is 17.4. The Balaban J connectivity index is 5.31. The summed E-state index contributed by atoms with van der Waals surface area (Å²) in [5, 5.41) is 11.2. The van der Waals surface area contributed by atoms with Gasteiger partial charge in [0.05, 0.1) is 0 Å².